The zero-order valence-corrected chi connectivity index (χ0v) is 12.8. The van der Waals surface area contributed by atoms with Crippen LogP contribution in [0.15, 0.2) is 54.9 Å². The minimum atomic E-state index is 0.0244. The number of fused-ring (bicyclic) bond motifs is 1. The van der Waals surface area contributed by atoms with Crippen LogP contribution in [0.4, 0.5) is 5.69 Å². The van der Waals surface area contributed by atoms with Gasteiger partial charge in [0.25, 0.3) is 5.91 Å². The van der Waals surface area contributed by atoms with Gasteiger partial charge in [0.05, 0.1) is 18.1 Å². The average molecular weight is 304 g/mol. The molecule has 1 aliphatic rings. The van der Waals surface area contributed by atoms with E-state index in [0.717, 1.165) is 24.3 Å². The molecule has 5 nitrogen and oxygen atoms in total. The van der Waals surface area contributed by atoms with E-state index in [1.54, 1.807) is 17.1 Å². The lowest BCUT2D eigenvalue weighted by atomic mass is 10.1. The first kappa shape index (κ1) is 13.7. The van der Waals surface area contributed by atoms with E-state index in [-0.39, 0.29) is 5.91 Å². The van der Waals surface area contributed by atoms with Crippen LogP contribution in [-0.2, 0) is 6.42 Å². The Labute approximate surface area is 134 Å². The summed E-state index contributed by atoms with van der Waals surface area (Å²) in [5.74, 6) is 0.0244. The number of rotatable bonds is 2. The molecule has 0 fully saturated rings. The number of benzene rings is 2. The highest BCUT2D eigenvalue weighted by Crippen LogP contribution is 2.31. The Morgan fingerprint density at radius 2 is 2.04 bits per heavy atom. The van der Waals surface area contributed by atoms with Crippen LogP contribution < -0.4 is 4.90 Å². The molecule has 1 aliphatic heterocycles. The van der Waals surface area contributed by atoms with Gasteiger partial charge in [-0.15, -0.1) is 5.10 Å². The summed E-state index contributed by atoms with van der Waals surface area (Å²) in [7, 11) is 0. The fourth-order valence-corrected chi connectivity index (χ4v) is 3.10. The van der Waals surface area contributed by atoms with Crippen LogP contribution >= 0.6 is 0 Å². The van der Waals surface area contributed by atoms with Crippen LogP contribution in [-0.4, -0.2) is 27.4 Å². The maximum absolute atomic E-state index is 12.9. The van der Waals surface area contributed by atoms with Crippen molar-refractivity contribution in [2.75, 3.05) is 11.4 Å². The van der Waals surface area contributed by atoms with Crippen molar-refractivity contribution in [1.29, 1.82) is 0 Å². The van der Waals surface area contributed by atoms with Crippen LogP contribution in [0.25, 0.3) is 5.69 Å². The maximum Gasteiger partial charge on any atom is 0.258 e. The summed E-state index contributed by atoms with van der Waals surface area (Å²) in [4.78, 5) is 14.8. The van der Waals surface area contributed by atoms with Gasteiger partial charge in [0.2, 0.25) is 0 Å². The van der Waals surface area contributed by atoms with E-state index in [9.17, 15) is 4.79 Å². The predicted octanol–water partition coefficient (Wildman–Crippen LogP) is 2.78. The lowest BCUT2D eigenvalue weighted by Crippen LogP contribution is -2.28. The molecule has 1 amide bonds. The lowest BCUT2D eigenvalue weighted by molar-refractivity contribution is 0.0989. The normalized spacial score (nSPS) is 13.2. The summed E-state index contributed by atoms with van der Waals surface area (Å²) in [6, 6.07) is 13.6. The van der Waals surface area contributed by atoms with Crippen molar-refractivity contribution in [3.63, 3.8) is 0 Å². The molecule has 3 aromatic rings. The van der Waals surface area contributed by atoms with E-state index in [0.29, 0.717) is 5.56 Å². The van der Waals surface area contributed by atoms with E-state index < -0.39 is 0 Å². The van der Waals surface area contributed by atoms with Crippen molar-refractivity contribution >= 4 is 11.6 Å². The largest absolute Gasteiger partial charge is 0.308 e. The topological polar surface area (TPSA) is 51.0 Å². The molecule has 2 aromatic carbocycles. The highest BCUT2D eigenvalue weighted by molar-refractivity contribution is 6.07. The molecule has 2 heterocycles. The minimum absolute atomic E-state index is 0.0244. The molecule has 0 spiro atoms. The number of hydrogen-bond acceptors (Lipinski definition) is 3. The predicted molar refractivity (Wildman–Crippen MR) is 87.9 cm³/mol. The van der Waals surface area contributed by atoms with Gasteiger partial charge in [-0.05, 0) is 48.7 Å². The third kappa shape index (κ3) is 2.30. The van der Waals surface area contributed by atoms with Crippen LogP contribution in [0, 0.1) is 6.92 Å². The first-order valence-electron chi connectivity index (χ1n) is 7.61. The molecule has 0 aliphatic carbocycles. The second kappa shape index (κ2) is 5.35. The Balaban J connectivity index is 1.69. The highest BCUT2D eigenvalue weighted by atomic mass is 16.2. The van der Waals surface area contributed by atoms with Crippen molar-refractivity contribution in [2.45, 2.75) is 13.3 Å². The van der Waals surface area contributed by atoms with Crippen LogP contribution in [0.1, 0.15) is 21.5 Å². The molecule has 114 valence electrons. The quantitative estimate of drug-likeness (QED) is 0.731. The van der Waals surface area contributed by atoms with Gasteiger partial charge in [-0.25, -0.2) is 4.68 Å². The summed E-state index contributed by atoms with van der Waals surface area (Å²) in [6.45, 7) is 2.82. The molecule has 0 atom stereocenters. The summed E-state index contributed by atoms with van der Waals surface area (Å²) >= 11 is 0. The number of carbonyl (C=O) groups excluding carboxylic acids is 1. The molecular weight excluding hydrogens is 288 g/mol. The summed E-state index contributed by atoms with van der Waals surface area (Å²) in [6.07, 6.45) is 4.29. The van der Waals surface area contributed by atoms with Gasteiger partial charge in [-0.3, -0.25) is 4.79 Å². The van der Waals surface area contributed by atoms with E-state index in [1.807, 2.05) is 41.3 Å². The lowest BCUT2D eigenvalue weighted by Gasteiger charge is -2.18. The second-order valence-corrected chi connectivity index (χ2v) is 5.68. The zero-order valence-electron chi connectivity index (χ0n) is 12.8. The minimum Gasteiger partial charge on any atom is -0.308 e. The maximum atomic E-state index is 12.9. The van der Waals surface area contributed by atoms with E-state index in [4.69, 9.17) is 0 Å². The van der Waals surface area contributed by atoms with Gasteiger partial charge >= 0.3 is 0 Å². The number of nitrogens with zero attached hydrogens (tertiary/aromatic N) is 4. The Hall–Kier alpha value is -2.95. The van der Waals surface area contributed by atoms with E-state index >= 15 is 0 Å². The van der Waals surface area contributed by atoms with Gasteiger partial charge in [0, 0.05) is 17.8 Å². The molecule has 23 heavy (non-hydrogen) atoms. The first-order chi connectivity index (χ1) is 11.2. The molecule has 0 saturated carbocycles. The number of aromatic nitrogens is 3. The molecule has 0 saturated heterocycles. The fraction of sp³-hybridized carbons (Fsp3) is 0.167. The van der Waals surface area contributed by atoms with Crippen LogP contribution in [0.5, 0.6) is 0 Å². The smallest absolute Gasteiger partial charge is 0.258 e. The Morgan fingerprint density at radius 3 is 2.87 bits per heavy atom. The van der Waals surface area contributed by atoms with Crippen molar-refractivity contribution in [3.8, 4) is 5.69 Å². The molecule has 4 rings (SSSR count). The van der Waals surface area contributed by atoms with Gasteiger partial charge in [-0.1, -0.05) is 23.4 Å². The number of anilines is 1. The van der Waals surface area contributed by atoms with Gasteiger partial charge < -0.3 is 4.90 Å². The molecule has 0 bridgehead atoms. The highest BCUT2D eigenvalue weighted by Gasteiger charge is 2.26. The van der Waals surface area contributed by atoms with Gasteiger partial charge in [0.15, 0.2) is 0 Å². The van der Waals surface area contributed by atoms with Crippen molar-refractivity contribution in [2.24, 2.45) is 0 Å². The zero-order chi connectivity index (χ0) is 15.8. The van der Waals surface area contributed by atoms with Crippen LogP contribution in [0.2, 0.25) is 0 Å². The van der Waals surface area contributed by atoms with Crippen molar-refractivity contribution in [1.82, 2.24) is 15.0 Å². The van der Waals surface area contributed by atoms with Crippen molar-refractivity contribution < 1.29 is 4.79 Å². The molecule has 0 N–H and O–H groups in total. The molecule has 0 unspecified atom stereocenters. The van der Waals surface area contributed by atoms with Crippen molar-refractivity contribution in [3.05, 3.63) is 71.5 Å². The Bertz CT molecular complexity index is 870. The number of carbonyl (C=O) groups is 1. The van der Waals surface area contributed by atoms with Crippen LogP contribution in [0.3, 0.4) is 0 Å². The van der Waals surface area contributed by atoms with Gasteiger partial charge in [-0.2, -0.15) is 0 Å². The van der Waals surface area contributed by atoms with E-state index in [2.05, 4.69) is 23.3 Å². The Kier molecular flexibility index (Phi) is 3.19. The standard InChI is InChI=1S/C18H16N4O/c1-13-4-2-7-17-16(13)8-10-21(17)18(23)14-5-3-6-15(12-14)22-11-9-19-20-22/h2-7,9,11-12H,8,10H2,1H3. The molecular formula is C18H16N4O. The summed E-state index contributed by atoms with van der Waals surface area (Å²) in [5.41, 5.74) is 5.04. The summed E-state index contributed by atoms with van der Waals surface area (Å²) < 4.78 is 1.65. The average Bonchev–Trinajstić information content (AvgIpc) is 3.25. The fourth-order valence-electron chi connectivity index (χ4n) is 3.10. The van der Waals surface area contributed by atoms with Gasteiger partial charge in [0.1, 0.15) is 0 Å². The SMILES string of the molecule is Cc1cccc2c1CCN2C(=O)c1cccc(-n2ccnn2)c1. The third-order valence-corrected chi connectivity index (χ3v) is 4.29. The number of hydrogen-bond donors (Lipinski definition) is 0. The molecule has 5 heteroatoms. The Morgan fingerprint density at radius 1 is 1.17 bits per heavy atom. The monoisotopic (exact) mass is 304 g/mol. The number of aryl methyl sites for hydroxylation is 1. The third-order valence-electron chi connectivity index (χ3n) is 4.29. The number of amides is 1. The molecule has 0 radical (unpaired) electrons. The van der Waals surface area contributed by atoms with E-state index in [1.165, 1.54) is 11.1 Å². The summed E-state index contributed by atoms with van der Waals surface area (Å²) in [5, 5.41) is 7.78. The first-order valence-corrected chi connectivity index (χ1v) is 7.61. The second-order valence-electron chi connectivity index (χ2n) is 5.68. The molecule has 1 aromatic heterocycles.